The number of nitrogens with one attached hydrogen (secondary N) is 1. The molecule has 1 aliphatic heterocycles. The van der Waals surface area contributed by atoms with Crippen LogP contribution >= 0.6 is 21.6 Å². The van der Waals surface area contributed by atoms with Gasteiger partial charge in [-0.25, -0.2) is 4.98 Å². The molecule has 1 aromatic heterocycles. The van der Waals surface area contributed by atoms with Gasteiger partial charge in [0.15, 0.2) is 6.29 Å². The summed E-state index contributed by atoms with van der Waals surface area (Å²) in [4.78, 5) is 73.2. The zero-order valence-corrected chi connectivity index (χ0v) is 44.4. The topological polar surface area (TPSA) is 268 Å². The molecule has 0 bridgehead atoms. The molecule has 0 radical (unpaired) electrons. The number of hydrogen-bond acceptors (Lipinski definition) is 21. The smallest absolute Gasteiger partial charge is 0.311 e. The lowest BCUT2D eigenvalue weighted by Gasteiger charge is -2.42. The van der Waals surface area contributed by atoms with Crippen LogP contribution in [0.4, 0.5) is 0 Å². The molecule has 24 heteroatoms. The number of rotatable bonds is 35. The van der Waals surface area contributed by atoms with E-state index in [1.54, 1.807) is 40.8 Å². The molecule has 2 heterocycles. The third-order valence-electron chi connectivity index (χ3n) is 12.1. The van der Waals surface area contributed by atoms with E-state index in [-0.39, 0.29) is 93.1 Å². The quantitative estimate of drug-likeness (QED) is 0.0213. The van der Waals surface area contributed by atoms with Gasteiger partial charge < -0.3 is 68.5 Å². The molecule has 0 aliphatic carbocycles. The van der Waals surface area contributed by atoms with Crippen molar-refractivity contribution in [1.29, 1.82) is 0 Å². The van der Waals surface area contributed by atoms with Gasteiger partial charge in [0.1, 0.15) is 70.4 Å². The minimum absolute atomic E-state index is 0.00588. The van der Waals surface area contributed by atoms with Crippen molar-refractivity contribution < 1.29 is 82.3 Å². The van der Waals surface area contributed by atoms with E-state index in [1.165, 1.54) is 35.4 Å². The highest BCUT2D eigenvalue weighted by atomic mass is 33.1. The van der Waals surface area contributed by atoms with Crippen molar-refractivity contribution in [3.05, 3.63) is 24.4 Å². The summed E-state index contributed by atoms with van der Waals surface area (Å²) in [5.41, 5.74) is -2.35. The van der Waals surface area contributed by atoms with E-state index in [2.05, 4.69) is 10.3 Å². The van der Waals surface area contributed by atoms with Crippen LogP contribution in [0.25, 0.3) is 0 Å². The maximum atomic E-state index is 14.3. The summed E-state index contributed by atoms with van der Waals surface area (Å²) in [5.74, 6) is -2.14. The average molecular weight is 1030 g/mol. The van der Waals surface area contributed by atoms with E-state index in [0.717, 1.165) is 5.03 Å². The second-order valence-electron chi connectivity index (χ2n) is 19.4. The Labute approximate surface area is 422 Å². The summed E-state index contributed by atoms with van der Waals surface area (Å²) in [7, 11) is 7.01. The first-order chi connectivity index (χ1) is 32.9. The molecule has 70 heavy (non-hydrogen) atoms. The Kier molecular flexibility index (Phi) is 28.4. The molecule has 20 nitrogen and oxygen atoms in total. The SMILES string of the molecule is CCC(C)(BCC(C)(CC(C)(BCC(C)(C)C(=O)OCCN(C)C)C(=O)OCCSSc1ccccn1)C(=O)OCC(C)O)C(=O)OCCOCCOCCO[C@@H]1O[C@H](CO)[C@H](O)[C@H](O)[C@H]1NC(C)=O. The number of ether oxygens (including phenoxy) is 8. The normalized spacial score (nSPS) is 21.3. The van der Waals surface area contributed by atoms with Gasteiger partial charge in [-0.2, -0.15) is 0 Å². The van der Waals surface area contributed by atoms with Crippen LogP contribution < -0.4 is 5.32 Å². The van der Waals surface area contributed by atoms with E-state index in [0.29, 0.717) is 18.7 Å². The van der Waals surface area contributed by atoms with Gasteiger partial charge in [-0.3, -0.25) is 24.0 Å². The number of likely N-dealkylation sites (N-methyl/N-ethyl adjacent to an activating group) is 1. The number of amides is 1. The average Bonchev–Trinajstić information content (AvgIpc) is 3.31. The fraction of sp³-hybridized carbons (Fsp3) is 0.783. The molecule has 5 N–H and O–H groups in total. The van der Waals surface area contributed by atoms with Crippen molar-refractivity contribution in [3.8, 4) is 0 Å². The fourth-order valence-corrected chi connectivity index (χ4v) is 9.01. The summed E-state index contributed by atoms with van der Waals surface area (Å²) in [6, 6.07) is 4.52. The molecular formula is C46H79B2N3O17S2. The minimum Gasteiger partial charge on any atom is -0.465 e. The van der Waals surface area contributed by atoms with Crippen molar-refractivity contribution in [2.45, 2.75) is 133 Å². The molecule has 1 saturated heterocycles. The molecule has 1 aromatic rings. The van der Waals surface area contributed by atoms with Crippen LogP contribution in [0, 0.1) is 10.8 Å². The molecule has 0 aromatic carbocycles. The molecule has 2 rings (SSSR count). The third-order valence-corrected chi connectivity index (χ3v) is 14.4. The highest BCUT2D eigenvalue weighted by Crippen LogP contribution is 2.47. The van der Waals surface area contributed by atoms with Gasteiger partial charge in [0, 0.05) is 36.0 Å². The Morgan fingerprint density at radius 3 is 2.04 bits per heavy atom. The second-order valence-corrected chi connectivity index (χ2v) is 21.8. The number of carbonyl (C=O) groups excluding carboxylic acids is 5. The number of aromatic nitrogens is 1. The van der Waals surface area contributed by atoms with Gasteiger partial charge in [-0.05, 0) is 63.7 Å². The van der Waals surface area contributed by atoms with Crippen molar-refractivity contribution in [1.82, 2.24) is 15.2 Å². The van der Waals surface area contributed by atoms with Gasteiger partial charge >= 0.3 is 23.9 Å². The number of pyridine rings is 1. The Morgan fingerprint density at radius 1 is 0.829 bits per heavy atom. The number of esters is 4. The lowest BCUT2D eigenvalue weighted by atomic mass is 9.41. The van der Waals surface area contributed by atoms with Crippen LogP contribution in [0.5, 0.6) is 0 Å². The van der Waals surface area contributed by atoms with E-state index in [1.807, 2.05) is 44.1 Å². The van der Waals surface area contributed by atoms with Gasteiger partial charge in [-0.1, -0.05) is 64.1 Å². The van der Waals surface area contributed by atoms with Crippen LogP contribution in [-0.2, 0) is 61.9 Å². The number of nitrogens with zero attached hydrogens (tertiary/aromatic N) is 2. The second kappa shape index (κ2) is 31.5. The highest BCUT2D eigenvalue weighted by molar-refractivity contribution is 8.76. The zero-order chi connectivity index (χ0) is 52.5. The lowest BCUT2D eigenvalue weighted by molar-refractivity contribution is -0.272. The fourth-order valence-electron chi connectivity index (χ4n) is 7.31. The van der Waals surface area contributed by atoms with Crippen LogP contribution in [0.1, 0.15) is 68.2 Å². The first kappa shape index (κ1) is 63.1. The van der Waals surface area contributed by atoms with Crippen molar-refractivity contribution in [2.75, 3.05) is 92.5 Å². The zero-order valence-electron chi connectivity index (χ0n) is 42.8. The predicted molar refractivity (Wildman–Crippen MR) is 267 cm³/mol. The number of carbonyl (C=O) groups is 5. The molecular weight excluding hydrogens is 952 g/mol. The first-order valence-electron chi connectivity index (χ1n) is 23.8. The van der Waals surface area contributed by atoms with Gasteiger partial charge in [-0.15, -0.1) is 0 Å². The van der Waals surface area contributed by atoms with Crippen LogP contribution in [0.2, 0.25) is 23.3 Å². The summed E-state index contributed by atoms with van der Waals surface area (Å²) in [6.45, 7) is 13.6. The Balaban J connectivity index is 2.08. The standard InChI is InChI=1S/C46H79B2N3O17S2/c1-11-45(7,41(59)65-23-21-62-19-18-61-20-22-63-38-35(50-32(3)54)37(56)36(55)33(26-52)68-38)48-30-44(6,40(58)67-27-31(2)53)28-46(8,47-29-43(4,5)39(57)64-17-16-51(9)10)42(60)66-24-25-69-70-34-14-12-13-15-49-34/h12-15,31,33,35-38,47-48,52-53,55-56H,11,16-30H2,1-10H3,(H,50,54)/t31?,33-,35-,36+,37-,38-,44?,45?,46?/m1/s1. The maximum Gasteiger partial charge on any atom is 0.311 e. The molecule has 9 atom stereocenters. The summed E-state index contributed by atoms with van der Waals surface area (Å²) in [5, 5.41) is 41.1. The summed E-state index contributed by atoms with van der Waals surface area (Å²) >= 11 is 0. The van der Waals surface area contributed by atoms with Crippen LogP contribution in [0.3, 0.4) is 0 Å². The monoisotopic (exact) mass is 1030 g/mol. The van der Waals surface area contributed by atoms with Gasteiger partial charge in [0.2, 0.25) is 5.91 Å². The van der Waals surface area contributed by atoms with Crippen molar-refractivity contribution in [2.24, 2.45) is 10.8 Å². The van der Waals surface area contributed by atoms with E-state index in [4.69, 9.17) is 37.9 Å². The van der Waals surface area contributed by atoms with Crippen LogP contribution in [-0.4, -0.2) is 204 Å². The number of aliphatic hydroxyl groups is 4. The van der Waals surface area contributed by atoms with E-state index >= 15 is 0 Å². The highest BCUT2D eigenvalue weighted by Gasteiger charge is 2.50. The maximum absolute atomic E-state index is 14.3. The third kappa shape index (κ3) is 22.0. The molecule has 0 saturated carbocycles. The largest absolute Gasteiger partial charge is 0.465 e. The minimum atomic E-state index is -1.43. The van der Waals surface area contributed by atoms with E-state index in [9.17, 15) is 44.4 Å². The number of aliphatic hydroxyl groups excluding tert-OH is 4. The molecule has 398 valence electrons. The first-order valence-corrected chi connectivity index (χ1v) is 26.1. The van der Waals surface area contributed by atoms with Crippen LogP contribution in [0.15, 0.2) is 29.4 Å². The Hall–Kier alpha value is -3.03. The summed E-state index contributed by atoms with van der Waals surface area (Å²) < 4.78 is 45.1. The molecule has 0 spiro atoms. The molecule has 1 amide bonds. The number of hydrogen-bond donors (Lipinski definition) is 5. The van der Waals surface area contributed by atoms with Crippen molar-refractivity contribution >= 4 is 65.9 Å². The lowest BCUT2D eigenvalue weighted by Crippen LogP contribution is -2.64. The van der Waals surface area contributed by atoms with E-state index < -0.39 is 94.6 Å². The Bertz CT molecular complexity index is 1740. The molecule has 1 fully saturated rings. The molecule has 1 aliphatic rings. The molecule has 4 unspecified atom stereocenters. The van der Waals surface area contributed by atoms with Gasteiger partial charge in [0.25, 0.3) is 0 Å². The van der Waals surface area contributed by atoms with Gasteiger partial charge in [0.05, 0.1) is 56.6 Å². The summed E-state index contributed by atoms with van der Waals surface area (Å²) in [6.07, 6.45) is -3.74. The van der Waals surface area contributed by atoms with Crippen molar-refractivity contribution in [3.63, 3.8) is 0 Å². The Morgan fingerprint density at radius 2 is 1.44 bits per heavy atom. The predicted octanol–water partition coefficient (Wildman–Crippen LogP) is 1.83.